The third kappa shape index (κ3) is 8.99. The van der Waals surface area contributed by atoms with Crippen molar-refractivity contribution < 1.29 is 0 Å². The monoisotopic (exact) mass is 415 g/mol. The van der Waals surface area contributed by atoms with Crippen LogP contribution in [0.1, 0.15) is 109 Å². The van der Waals surface area contributed by atoms with Crippen molar-refractivity contribution in [2.75, 3.05) is 0 Å². The molecule has 0 spiro atoms. The average Bonchev–Trinajstić information content (AvgIpc) is 2.74. The zero-order chi connectivity index (χ0) is 20.7. The quantitative estimate of drug-likeness (QED) is 0.210. The van der Waals surface area contributed by atoms with Gasteiger partial charge in [-0.2, -0.15) is 0 Å². The van der Waals surface area contributed by atoms with E-state index in [-0.39, 0.29) is 5.43 Å². The van der Waals surface area contributed by atoms with E-state index in [4.69, 9.17) is 0 Å². The Kier molecular flexibility index (Phi) is 12.2. The summed E-state index contributed by atoms with van der Waals surface area (Å²) in [7, 11) is 0. The lowest BCUT2D eigenvalue weighted by Crippen LogP contribution is -2.09. The minimum absolute atomic E-state index is 0.0543. The second-order valence-corrected chi connectivity index (χ2v) is 8.97. The van der Waals surface area contributed by atoms with Crippen LogP contribution in [0.15, 0.2) is 34.0 Å². The predicted octanol–water partition coefficient (Wildman–Crippen LogP) is 8.23. The molecule has 0 saturated heterocycles. The summed E-state index contributed by atoms with van der Waals surface area (Å²) in [5, 5.41) is 0.734. The van der Waals surface area contributed by atoms with Gasteiger partial charge in [0.05, 0.1) is 4.90 Å². The smallest absolute Gasteiger partial charge is 0.202 e. The lowest BCUT2D eigenvalue weighted by atomic mass is 10.0. The first-order valence-electron chi connectivity index (χ1n) is 12.1. The van der Waals surface area contributed by atoms with Gasteiger partial charge in [0.2, 0.25) is 5.43 Å². The van der Waals surface area contributed by atoms with E-state index >= 15 is 0 Å². The Morgan fingerprint density at radius 3 is 1.76 bits per heavy atom. The van der Waals surface area contributed by atoms with E-state index in [9.17, 15) is 4.79 Å². The first kappa shape index (κ1) is 24.1. The largest absolute Gasteiger partial charge is 0.357 e. The zero-order valence-corrected chi connectivity index (χ0v) is 19.4. The Hall–Kier alpha value is -1.22. The normalized spacial score (nSPS) is 11.4. The summed E-state index contributed by atoms with van der Waals surface area (Å²) in [6.07, 6.45) is 21.5. The number of aromatic nitrogens is 1. The minimum Gasteiger partial charge on any atom is -0.357 e. The summed E-state index contributed by atoms with van der Waals surface area (Å²) in [5.41, 5.74) is 1.97. The fourth-order valence-corrected chi connectivity index (χ4v) is 4.42. The van der Waals surface area contributed by atoms with Crippen LogP contribution in [-0.2, 0) is 6.42 Å². The number of para-hydroxylation sites is 1. The third-order valence-electron chi connectivity index (χ3n) is 5.99. The van der Waals surface area contributed by atoms with Gasteiger partial charge in [-0.3, -0.25) is 4.79 Å². The number of thiol groups is 1. The summed E-state index contributed by atoms with van der Waals surface area (Å²) < 4.78 is 0. The van der Waals surface area contributed by atoms with Crippen molar-refractivity contribution in [3.63, 3.8) is 0 Å². The number of unbranched alkanes of at least 4 members (excludes halogenated alkanes) is 14. The van der Waals surface area contributed by atoms with Crippen LogP contribution in [0.4, 0.5) is 0 Å². The molecule has 1 heterocycles. The number of aromatic amines is 1. The first-order valence-corrected chi connectivity index (χ1v) is 12.5. The molecule has 1 aromatic carbocycles. The van der Waals surface area contributed by atoms with E-state index < -0.39 is 0 Å². The van der Waals surface area contributed by atoms with Crippen LogP contribution >= 0.6 is 12.6 Å². The molecule has 0 radical (unpaired) electrons. The number of hydrogen-bond donors (Lipinski definition) is 2. The van der Waals surface area contributed by atoms with E-state index in [2.05, 4.69) is 24.5 Å². The minimum atomic E-state index is 0.0543. The van der Waals surface area contributed by atoms with Gasteiger partial charge in [-0.05, 0) is 25.0 Å². The van der Waals surface area contributed by atoms with Crippen molar-refractivity contribution in [1.82, 2.24) is 4.98 Å². The molecule has 0 unspecified atom stereocenters. The number of aryl methyl sites for hydroxylation is 1. The Balaban J connectivity index is 1.48. The molecule has 0 aliphatic heterocycles. The van der Waals surface area contributed by atoms with E-state index in [0.717, 1.165) is 29.4 Å². The van der Waals surface area contributed by atoms with Crippen LogP contribution in [0.25, 0.3) is 10.9 Å². The number of nitrogens with one attached hydrogen (secondary N) is 1. The molecule has 162 valence electrons. The van der Waals surface area contributed by atoms with Crippen LogP contribution in [0.2, 0.25) is 0 Å². The highest BCUT2D eigenvalue weighted by atomic mass is 32.1. The molecule has 0 aliphatic carbocycles. The van der Waals surface area contributed by atoms with Crippen molar-refractivity contribution >= 4 is 23.5 Å². The van der Waals surface area contributed by atoms with Gasteiger partial charge in [-0.25, -0.2) is 0 Å². The number of rotatable bonds is 16. The maximum atomic E-state index is 12.4. The molecule has 0 atom stereocenters. The number of pyridine rings is 1. The molecular formula is C26H41NOS. The van der Waals surface area contributed by atoms with Gasteiger partial charge in [0.1, 0.15) is 0 Å². The third-order valence-corrected chi connectivity index (χ3v) is 6.46. The Morgan fingerprint density at radius 1 is 0.724 bits per heavy atom. The number of benzene rings is 1. The van der Waals surface area contributed by atoms with Crippen molar-refractivity contribution in [1.29, 1.82) is 0 Å². The molecule has 29 heavy (non-hydrogen) atoms. The molecule has 0 fully saturated rings. The topological polar surface area (TPSA) is 32.9 Å². The van der Waals surface area contributed by atoms with Crippen molar-refractivity contribution in [3.05, 3.63) is 40.2 Å². The Bertz CT molecular complexity index is 752. The molecule has 1 aromatic heterocycles. The average molecular weight is 416 g/mol. The summed E-state index contributed by atoms with van der Waals surface area (Å²) in [6.45, 7) is 2.28. The number of fused-ring (bicyclic) bond motifs is 1. The highest BCUT2D eigenvalue weighted by Gasteiger charge is 2.08. The molecule has 0 aliphatic rings. The van der Waals surface area contributed by atoms with Crippen molar-refractivity contribution in [2.24, 2.45) is 0 Å². The SMILES string of the molecule is CCCCCCCCCCCCCCCCCc1[nH]c2ccccc2c(=O)c1S. The van der Waals surface area contributed by atoms with Crippen molar-refractivity contribution in [3.8, 4) is 0 Å². The molecule has 0 bridgehead atoms. The molecule has 1 N–H and O–H groups in total. The standard InChI is InChI=1S/C26H41NOS/c1-2-3-4-5-6-7-8-9-10-11-12-13-14-15-16-21-24-26(29)25(28)22-19-17-18-20-23(22)27-24/h17-20,29H,2-16,21H2,1H3,(H,27,28). The number of hydrogen-bond acceptors (Lipinski definition) is 2. The maximum absolute atomic E-state index is 12.4. The Morgan fingerprint density at radius 2 is 1.21 bits per heavy atom. The summed E-state index contributed by atoms with van der Waals surface area (Å²) in [6, 6.07) is 7.71. The van der Waals surface area contributed by atoms with Crippen LogP contribution in [0.5, 0.6) is 0 Å². The molecule has 2 rings (SSSR count). The fraction of sp³-hybridized carbons (Fsp3) is 0.654. The molecule has 2 aromatic rings. The molecule has 0 saturated carbocycles. The lowest BCUT2D eigenvalue weighted by Gasteiger charge is -2.08. The summed E-state index contributed by atoms with van der Waals surface area (Å²) in [5.74, 6) is 0. The number of H-pyrrole nitrogens is 1. The predicted molar refractivity (Wildman–Crippen MR) is 130 cm³/mol. The fourth-order valence-electron chi connectivity index (χ4n) is 4.13. The van der Waals surface area contributed by atoms with Gasteiger partial charge in [0, 0.05) is 16.6 Å². The van der Waals surface area contributed by atoms with Crippen LogP contribution in [-0.4, -0.2) is 4.98 Å². The lowest BCUT2D eigenvalue weighted by molar-refractivity contribution is 0.531. The van der Waals surface area contributed by atoms with E-state index in [1.165, 1.54) is 89.9 Å². The van der Waals surface area contributed by atoms with Crippen molar-refractivity contribution in [2.45, 2.75) is 115 Å². The first-order chi connectivity index (χ1) is 14.2. The van der Waals surface area contributed by atoms with E-state index in [1.54, 1.807) is 0 Å². The maximum Gasteiger partial charge on any atom is 0.202 e. The highest BCUT2D eigenvalue weighted by Crippen LogP contribution is 2.17. The van der Waals surface area contributed by atoms with E-state index in [1.807, 2.05) is 24.3 Å². The second kappa shape index (κ2) is 14.7. The van der Waals surface area contributed by atoms with Gasteiger partial charge < -0.3 is 4.98 Å². The van der Waals surface area contributed by atoms with Gasteiger partial charge >= 0.3 is 0 Å². The van der Waals surface area contributed by atoms with Crippen LogP contribution in [0, 0.1) is 0 Å². The van der Waals surface area contributed by atoms with Gasteiger partial charge in [-0.15, -0.1) is 12.6 Å². The zero-order valence-electron chi connectivity index (χ0n) is 18.5. The summed E-state index contributed by atoms with van der Waals surface area (Å²) in [4.78, 5) is 16.4. The molecule has 2 nitrogen and oxygen atoms in total. The molecule has 3 heteroatoms. The highest BCUT2D eigenvalue weighted by molar-refractivity contribution is 7.80. The van der Waals surface area contributed by atoms with Crippen LogP contribution < -0.4 is 5.43 Å². The second-order valence-electron chi connectivity index (χ2n) is 8.53. The van der Waals surface area contributed by atoms with Gasteiger partial charge in [0.25, 0.3) is 0 Å². The molecular weight excluding hydrogens is 374 g/mol. The van der Waals surface area contributed by atoms with Gasteiger partial charge in [0.15, 0.2) is 0 Å². The summed E-state index contributed by atoms with van der Waals surface area (Å²) >= 11 is 4.47. The van der Waals surface area contributed by atoms with Gasteiger partial charge in [-0.1, -0.05) is 109 Å². The van der Waals surface area contributed by atoms with Crippen LogP contribution in [0.3, 0.4) is 0 Å². The Labute approximate surface area is 183 Å². The molecule has 0 amide bonds. The van der Waals surface area contributed by atoms with E-state index in [0.29, 0.717) is 4.90 Å².